The van der Waals surface area contributed by atoms with Gasteiger partial charge in [-0.05, 0) is 54.6 Å². The van der Waals surface area contributed by atoms with Crippen molar-refractivity contribution in [1.82, 2.24) is 10.6 Å². The first-order valence-electron chi connectivity index (χ1n) is 9.75. The van der Waals surface area contributed by atoms with Gasteiger partial charge in [0.2, 0.25) is 0 Å². The highest BCUT2D eigenvalue weighted by Gasteiger charge is 2.44. The fraction of sp³-hybridized carbons (Fsp3) is 0.455. The Labute approximate surface area is 211 Å². The van der Waals surface area contributed by atoms with Crippen molar-refractivity contribution >= 4 is 49.6 Å². The standard InChI is InChI=1S/C22H25F3N2O.4ClH/c1-28-20-12-15-7-8-18(22(23,24)25)17(15)11-16(20)13-27-19-9-10-26-21(19)14-5-3-2-4-6-14;;;;/h2-6,11-12,18-19,21,26-27H,7-10,13H2,1H3;4*1H/t18?,19-,21-;;;;/m0..../s1. The van der Waals surface area contributed by atoms with Crippen molar-refractivity contribution in [2.75, 3.05) is 13.7 Å². The summed E-state index contributed by atoms with van der Waals surface area (Å²) in [5, 5.41) is 7.06. The third-order valence-corrected chi connectivity index (χ3v) is 5.95. The molecule has 1 fully saturated rings. The normalized spacial score (nSPS) is 21.3. The molecule has 1 aliphatic heterocycles. The van der Waals surface area contributed by atoms with Gasteiger partial charge < -0.3 is 15.4 Å². The van der Waals surface area contributed by atoms with Crippen molar-refractivity contribution in [2.45, 2.75) is 50.0 Å². The van der Waals surface area contributed by atoms with E-state index in [0.717, 1.165) is 24.1 Å². The van der Waals surface area contributed by atoms with Crippen LogP contribution in [-0.4, -0.2) is 25.9 Å². The zero-order valence-electron chi connectivity index (χ0n) is 17.5. The predicted molar refractivity (Wildman–Crippen MR) is 132 cm³/mol. The predicted octanol–water partition coefficient (Wildman–Crippen LogP) is 6.17. The van der Waals surface area contributed by atoms with Crippen LogP contribution in [0.15, 0.2) is 42.5 Å². The van der Waals surface area contributed by atoms with Gasteiger partial charge in [0.05, 0.1) is 13.0 Å². The number of hydrogen-bond donors (Lipinski definition) is 2. The summed E-state index contributed by atoms with van der Waals surface area (Å²) in [5.74, 6) is -0.700. The van der Waals surface area contributed by atoms with Crippen LogP contribution in [0.3, 0.4) is 0 Å². The number of hydrogen-bond acceptors (Lipinski definition) is 3. The van der Waals surface area contributed by atoms with Gasteiger partial charge in [-0.15, -0.1) is 49.6 Å². The summed E-state index contributed by atoms with van der Waals surface area (Å²) < 4.78 is 45.6. The zero-order chi connectivity index (χ0) is 19.7. The molecule has 2 aromatic rings. The molecule has 2 aromatic carbocycles. The molecule has 0 amide bonds. The van der Waals surface area contributed by atoms with Gasteiger partial charge in [0.1, 0.15) is 5.75 Å². The second kappa shape index (κ2) is 13.1. The average Bonchev–Trinajstić information content (AvgIpc) is 3.32. The van der Waals surface area contributed by atoms with E-state index < -0.39 is 12.1 Å². The Morgan fingerprint density at radius 2 is 1.72 bits per heavy atom. The molecule has 0 radical (unpaired) electrons. The van der Waals surface area contributed by atoms with E-state index in [1.165, 1.54) is 5.56 Å². The number of aryl methyl sites for hydroxylation is 1. The van der Waals surface area contributed by atoms with Crippen molar-refractivity contribution in [3.05, 3.63) is 64.7 Å². The number of benzene rings is 2. The molecule has 32 heavy (non-hydrogen) atoms. The molecule has 4 rings (SSSR count). The number of methoxy groups -OCH3 is 1. The second-order valence-corrected chi connectivity index (χ2v) is 7.61. The van der Waals surface area contributed by atoms with Crippen LogP contribution in [0.1, 0.15) is 47.1 Å². The smallest absolute Gasteiger partial charge is 0.395 e. The number of rotatable bonds is 5. The number of alkyl halides is 3. The van der Waals surface area contributed by atoms with Gasteiger partial charge in [-0.3, -0.25) is 0 Å². The van der Waals surface area contributed by atoms with E-state index in [2.05, 4.69) is 22.8 Å². The molecule has 0 aromatic heterocycles. The largest absolute Gasteiger partial charge is 0.496 e. The number of fused-ring (bicyclic) bond motifs is 1. The molecule has 1 saturated heterocycles. The van der Waals surface area contributed by atoms with E-state index in [1.54, 1.807) is 19.2 Å². The van der Waals surface area contributed by atoms with Crippen LogP contribution in [-0.2, 0) is 13.0 Å². The molecule has 2 N–H and O–H groups in total. The molecule has 1 unspecified atom stereocenters. The lowest BCUT2D eigenvalue weighted by Gasteiger charge is -2.23. The lowest BCUT2D eigenvalue weighted by atomic mass is 9.97. The third kappa shape index (κ3) is 6.58. The minimum absolute atomic E-state index is 0. The highest BCUT2D eigenvalue weighted by molar-refractivity contribution is 5.86. The summed E-state index contributed by atoms with van der Waals surface area (Å²) in [7, 11) is 1.57. The first-order chi connectivity index (χ1) is 13.5. The molecule has 3 atom stereocenters. The highest BCUT2D eigenvalue weighted by atomic mass is 35.5. The molecule has 2 aliphatic rings. The summed E-state index contributed by atoms with van der Waals surface area (Å²) in [6, 6.07) is 14.1. The SMILES string of the molecule is COc1cc2c(cc1CN[C@H]1CCN[C@H]1c1ccccc1)C(C(F)(F)F)CC2.Cl.Cl.Cl.Cl. The van der Waals surface area contributed by atoms with E-state index in [9.17, 15) is 13.2 Å². The summed E-state index contributed by atoms with van der Waals surface area (Å²) in [5.41, 5.74) is 3.17. The molecular weight excluding hydrogens is 507 g/mol. The lowest BCUT2D eigenvalue weighted by Crippen LogP contribution is -2.34. The minimum Gasteiger partial charge on any atom is -0.496 e. The van der Waals surface area contributed by atoms with Crippen molar-refractivity contribution < 1.29 is 17.9 Å². The Morgan fingerprint density at radius 3 is 2.34 bits per heavy atom. The molecule has 3 nitrogen and oxygen atoms in total. The summed E-state index contributed by atoms with van der Waals surface area (Å²) in [6.07, 6.45) is -2.65. The van der Waals surface area contributed by atoms with E-state index in [4.69, 9.17) is 4.74 Å². The van der Waals surface area contributed by atoms with Crippen LogP contribution in [0, 0.1) is 0 Å². The number of ether oxygens (including phenoxy) is 1. The number of nitrogens with one attached hydrogen (secondary N) is 2. The Kier molecular flexibility index (Phi) is 12.7. The molecule has 1 heterocycles. The van der Waals surface area contributed by atoms with Crippen molar-refractivity contribution in [3.8, 4) is 5.75 Å². The second-order valence-electron chi connectivity index (χ2n) is 7.61. The van der Waals surface area contributed by atoms with Gasteiger partial charge in [0.15, 0.2) is 0 Å². The fourth-order valence-electron chi connectivity index (χ4n) is 4.52. The first kappa shape index (κ1) is 31.1. The maximum atomic E-state index is 13.4. The monoisotopic (exact) mass is 534 g/mol. The Balaban J connectivity index is 0.00000240. The molecule has 0 saturated carbocycles. The van der Waals surface area contributed by atoms with Gasteiger partial charge in [0.25, 0.3) is 0 Å². The van der Waals surface area contributed by atoms with E-state index in [1.807, 2.05) is 18.2 Å². The van der Waals surface area contributed by atoms with Gasteiger partial charge in [-0.25, -0.2) is 0 Å². The molecular formula is C22H29Cl4F3N2O. The van der Waals surface area contributed by atoms with Crippen LogP contribution in [0.4, 0.5) is 13.2 Å². The molecule has 1 aliphatic carbocycles. The Morgan fingerprint density at radius 1 is 1.03 bits per heavy atom. The van der Waals surface area contributed by atoms with Crippen LogP contribution in [0.5, 0.6) is 5.75 Å². The van der Waals surface area contributed by atoms with Crippen molar-refractivity contribution in [1.29, 1.82) is 0 Å². The topological polar surface area (TPSA) is 33.3 Å². The zero-order valence-corrected chi connectivity index (χ0v) is 20.8. The van der Waals surface area contributed by atoms with Gasteiger partial charge in [-0.2, -0.15) is 13.2 Å². The van der Waals surface area contributed by atoms with Crippen LogP contribution < -0.4 is 15.4 Å². The average molecular weight is 536 g/mol. The third-order valence-electron chi connectivity index (χ3n) is 5.95. The minimum atomic E-state index is -4.20. The van der Waals surface area contributed by atoms with Crippen molar-refractivity contribution in [3.63, 3.8) is 0 Å². The Hall–Kier alpha value is -0.890. The summed E-state index contributed by atoms with van der Waals surface area (Å²) >= 11 is 0. The first-order valence-corrected chi connectivity index (χ1v) is 9.75. The molecule has 10 heteroatoms. The van der Waals surface area contributed by atoms with Crippen LogP contribution in [0.25, 0.3) is 0 Å². The summed E-state index contributed by atoms with van der Waals surface area (Å²) in [6.45, 7) is 1.39. The number of halogens is 7. The highest BCUT2D eigenvalue weighted by Crippen LogP contribution is 2.46. The van der Waals surface area contributed by atoms with E-state index in [-0.39, 0.29) is 68.1 Å². The molecule has 182 valence electrons. The maximum absolute atomic E-state index is 13.4. The molecule has 0 spiro atoms. The van der Waals surface area contributed by atoms with Gasteiger partial charge in [-0.1, -0.05) is 30.3 Å². The molecule has 0 bridgehead atoms. The van der Waals surface area contributed by atoms with Crippen molar-refractivity contribution in [2.24, 2.45) is 0 Å². The lowest BCUT2D eigenvalue weighted by molar-refractivity contribution is -0.149. The van der Waals surface area contributed by atoms with Gasteiger partial charge in [0, 0.05) is 24.2 Å². The van der Waals surface area contributed by atoms with Gasteiger partial charge >= 0.3 is 6.18 Å². The summed E-state index contributed by atoms with van der Waals surface area (Å²) in [4.78, 5) is 0. The van der Waals surface area contributed by atoms with E-state index in [0.29, 0.717) is 24.3 Å². The van der Waals surface area contributed by atoms with E-state index >= 15 is 0 Å². The maximum Gasteiger partial charge on any atom is 0.395 e. The fourth-order valence-corrected chi connectivity index (χ4v) is 4.52. The Bertz CT molecular complexity index is 840. The quantitative estimate of drug-likeness (QED) is 0.480. The van der Waals surface area contributed by atoms with Crippen LogP contribution >= 0.6 is 49.6 Å². The van der Waals surface area contributed by atoms with Crippen LogP contribution in [0.2, 0.25) is 0 Å².